The first-order valence-electron chi connectivity index (χ1n) is 10.2. The second-order valence-corrected chi connectivity index (χ2v) is 8.39. The van der Waals surface area contributed by atoms with E-state index in [0.29, 0.717) is 22.4 Å². The monoisotopic (exact) mass is 439 g/mol. The first-order chi connectivity index (χ1) is 14.5. The zero-order chi connectivity index (χ0) is 21.1. The van der Waals surface area contributed by atoms with E-state index in [1.165, 1.54) is 0 Å². The SMILES string of the molecule is CCC(=O)N1CCC(c2cnc(-c3ccc(Cl)cc3)c(-c3ccc(Cl)cc3)n2)CC1. The van der Waals surface area contributed by atoms with Gasteiger partial charge in [0.25, 0.3) is 0 Å². The Bertz CT molecular complexity index is 1030. The zero-order valence-electron chi connectivity index (χ0n) is 16.8. The van der Waals surface area contributed by atoms with Crippen LogP contribution in [0.15, 0.2) is 54.7 Å². The summed E-state index contributed by atoms with van der Waals surface area (Å²) in [5.41, 5.74) is 4.56. The fourth-order valence-corrected chi connectivity index (χ4v) is 4.13. The summed E-state index contributed by atoms with van der Waals surface area (Å²) in [5.74, 6) is 0.517. The molecule has 1 amide bonds. The van der Waals surface area contributed by atoms with Gasteiger partial charge in [-0.3, -0.25) is 9.78 Å². The topological polar surface area (TPSA) is 46.1 Å². The molecule has 30 heavy (non-hydrogen) atoms. The summed E-state index contributed by atoms with van der Waals surface area (Å²) in [6.45, 7) is 3.45. The molecule has 2 heterocycles. The lowest BCUT2D eigenvalue weighted by Gasteiger charge is -2.31. The fraction of sp³-hybridized carbons (Fsp3) is 0.292. The standard InChI is InChI=1S/C24H23Cl2N3O/c1-2-22(30)29-13-11-16(12-14-29)21-15-27-23(17-3-7-19(25)8-4-17)24(28-21)18-5-9-20(26)10-6-18/h3-10,15-16H,2,11-14H2,1H3. The van der Waals surface area contributed by atoms with E-state index < -0.39 is 0 Å². The summed E-state index contributed by atoms with van der Waals surface area (Å²) >= 11 is 12.2. The molecule has 2 aromatic carbocycles. The van der Waals surface area contributed by atoms with Crippen molar-refractivity contribution in [3.63, 3.8) is 0 Å². The van der Waals surface area contributed by atoms with Crippen molar-refractivity contribution in [1.29, 1.82) is 0 Å². The molecule has 1 aliphatic rings. The molecule has 0 N–H and O–H groups in total. The van der Waals surface area contributed by atoms with Crippen LogP contribution in [0.4, 0.5) is 0 Å². The molecule has 4 rings (SSSR count). The van der Waals surface area contributed by atoms with Crippen molar-refractivity contribution >= 4 is 29.1 Å². The van der Waals surface area contributed by atoms with Crippen LogP contribution in [-0.2, 0) is 4.79 Å². The van der Waals surface area contributed by atoms with Crippen LogP contribution in [-0.4, -0.2) is 33.9 Å². The van der Waals surface area contributed by atoms with Crippen molar-refractivity contribution in [2.45, 2.75) is 32.1 Å². The number of nitrogens with zero attached hydrogens (tertiary/aromatic N) is 3. The van der Waals surface area contributed by atoms with Gasteiger partial charge in [0.05, 0.1) is 17.1 Å². The van der Waals surface area contributed by atoms with E-state index in [0.717, 1.165) is 54.1 Å². The number of rotatable bonds is 4. The maximum absolute atomic E-state index is 12.0. The molecule has 0 unspecified atom stereocenters. The van der Waals surface area contributed by atoms with Crippen molar-refractivity contribution in [1.82, 2.24) is 14.9 Å². The molecule has 1 fully saturated rings. The molecule has 3 aromatic rings. The molecule has 0 bridgehead atoms. The molecule has 0 aliphatic carbocycles. The number of piperidine rings is 1. The van der Waals surface area contributed by atoms with E-state index >= 15 is 0 Å². The van der Waals surface area contributed by atoms with Crippen LogP contribution in [0.1, 0.15) is 37.8 Å². The second kappa shape index (κ2) is 9.15. The summed E-state index contributed by atoms with van der Waals surface area (Å²) in [7, 11) is 0. The average Bonchev–Trinajstić information content (AvgIpc) is 2.79. The van der Waals surface area contributed by atoms with Crippen LogP contribution >= 0.6 is 23.2 Å². The zero-order valence-corrected chi connectivity index (χ0v) is 18.3. The van der Waals surface area contributed by atoms with Gasteiger partial charge in [-0.25, -0.2) is 4.98 Å². The van der Waals surface area contributed by atoms with E-state index in [2.05, 4.69) is 0 Å². The summed E-state index contributed by atoms with van der Waals surface area (Å²) in [6, 6.07) is 15.3. The summed E-state index contributed by atoms with van der Waals surface area (Å²) in [6.07, 6.45) is 4.24. The Morgan fingerprint density at radius 1 is 0.933 bits per heavy atom. The first kappa shape index (κ1) is 20.8. The molecule has 1 saturated heterocycles. The van der Waals surface area contributed by atoms with E-state index in [-0.39, 0.29) is 5.91 Å². The molecule has 4 nitrogen and oxygen atoms in total. The number of carbonyl (C=O) groups excluding carboxylic acids is 1. The molecule has 0 spiro atoms. The highest BCUT2D eigenvalue weighted by atomic mass is 35.5. The van der Waals surface area contributed by atoms with Gasteiger partial charge in [-0.05, 0) is 37.1 Å². The number of carbonyl (C=O) groups is 1. The number of likely N-dealkylation sites (tertiary alicyclic amines) is 1. The number of amides is 1. The van der Waals surface area contributed by atoms with Gasteiger partial charge in [-0.15, -0.1) is 0 Å². The smallest absolute Gasteiger partial charge is 0.222 e. The van der Waals surface area contributed by atoms with Crippen molar-refractivity contribution in [3.8, 4) is 22.5 Å². The summed E-state index contributed by atoms with van der Waals surface area (Å²) in [4.78, 5) is 23.8. The largest absolute Gasteiger partial charge is 0.343 e. The molecular formula is C24H23Cl2N3O. The minimum absolute atomic E-state index is 0.222. The maximum Gasteiger partial charge on any atom is 0.222 e. The molecule has 0 saturated carbocycles. The Hall–Kier alpha value is -2.43. The lowest BCUT2D eigenvalue weighted by atomic mass is 9.93. The van der Waals surface area contributed by atoms with Crippen LogP contribution in [0.5, 0.6) is 0 Å². The Morgan fingerprint density at radius 2 is 1.47 bits per heavy atom. The van der Waals surface area contributed by atoms with Crippen molar-refractivity contribution in [3.05, 3.63) is 70.5 Å². The van der Waals surface area contributed by atoms with Crippen molar-refractivity contribution in [2.24, 2.45) is 0 Å². The highest BCUT2D eigenvalue weighted by Crippen LogP contribution is 2.34. The van der Waals surface area contributed by atoms with E-state index in [4.69, 9.17) is 33.2 Å². The van der Waals surface area contributed by atoms with Gasteiger partial charge in [0.2, 0.25) is 5.91 Å². The minimum Gasteiger partial charge on any atom is -0.343 e. The summed E-state index contributed by atoms with van der Waals surface area (Å²) in [5, 5.41) is 1.37. The molecule has 1 aliphatic heterocycles. The summed E-state index contributed by atoms with van der Waals surface area (Å²) < 4.78 is 0. The van der Waals surface area contributed by atoms with Gasteiger partial charge < -0.3 is 4.90 Å². The average molecular weight is 440 g/mol. The van der Waals surface area contributed by atoms with E-state index in [1.54, 1.807) is 0 Å². The van der Waals surface area contributed by atoms with Crippen LogP contribution in [0.2, 0.25) is 10.0 Å². The molecule has 1 aromatic heterocycles. The Labute approximate surface area is 186 Å². The molecule has 154 valence electrons. The Morgan fingerprint density at radius 3 is 2.00 bits per heavy atom. The normalized spacial score (nSPS) is 14.7. The number of hydrogen-bond acceptors (Lipinski definition) is 3. The highest BCUT2D eigenvalue weighted by molar-refractivity contribution is 6.31. The van der Waals surface area contributed by atoms with Gasteiger partial charge in [-0.1, -0.05) is 54.4 Å². The van der Waals surface area contributed by atoms with Gasteiger partial charge in [0.1, 0.15) is 0 Å². The third-order valence-electron chi connectivity index (χ3n) is 5.59. The third-order valence-corrected chi connectivity index (χ3v) is 6.10. The fourth-order valence-electron chi connectivity index (χ4n) is 3.88. The predicted molar refractivity (Wildman–Crippen MR) is 122 cm³/mol. The number of hydrogen-bond donors (Lipinski definition) is 0. The van der Waals surface area contributed by atoms with Crippen LogP contribution in [0.25, 0.3) is 22.5 Å². The minimum atomic E-state index is 0.222. The number of halogens is 2. The molecular weight excluding hydrogens is 417 g/mol. The molecule has 6 heteroatoms. The highest BCUT2D eigenvalue weighted by Gasteiger charge is 2.25. The van der Waals surface area contributed by atoms with Gasteiger partial charge >= 0.3 is 0 Å². The van der Waals surface area contributed by atoms with Crippen molar-refractivity contribution < 1.29 is 4.79 Å². The van der Waals surface area contributed by atoms with Gasteiger partial charge in [0.15, 0.2) is 0 Å². The van der Waals surface area contributed by atoms with Crippen molar-refractivity contribution in [2.75, 3.05) is 13.1 Å². The first-order valence-corrected chi connectivity index (χ1v) is 11.0. The van der Waals surface area contributed by atoms with Gasteiger partial charge in [0, 0.05) is 52.8 Å². The Balaban J connectivity index is 1.69. The second-order valence-electron chi connectivity index (χ2n) is 7.51. The number of aromatic nitrogens is 2. The van der Waals surface area contributed by atoms with Gasteiger partial charge in [-0.2, -0.15) is 0 Å². The van der Waals surface area contributed by atoms with Crippen LogP contribution < -0.4 is 0 Å². The molecule has 0 radical (unpaired) electrons. The molecule has 0 atom stereocenters. The lowest BCUT2D eigenvalue weighted by molar-refractivity contribution is -0.131. The van der Waals surface area contributed by atoms with Crippen LogP contribution in [0.3, 0.4) is 0 Å². The van der Waals surface area contributed by atoms with E-state index in [9.17, 15) is 4.79 Å². The van der Waals surface area contributed by atoms with E-state index in [1.807, 2.05) is 66.6 Å². The lowest BCUT2D eigenvalue weighted by Crippen LogP contribution is -2.37. The third kappa shape index (κ3) is 4.50. The quantitative estimate of drug-likeness (QED) is 0.483. The maximum atomic E-state index is 12.0. The van der Waals surface area contributed by atoms with Crippen LogP contribution in [0, 0.1) is 0 Å². The Kier molecular flexibility index (Phi) is 6.35. The predicted octanol–water partition coefficient (Wildman–Crippen LogP) is 6.23. The number of benzene rings is 2.